The highest BCUT2D eigenvalue weighted by Gasteiger charge is 2.63. The number of nitrogens with zero attached hydrogens (tertiary/aromatic N) is 4. The van der Waals surface area contributed by atoms with Crippen LogP contribution < -0.4 is 16.4 Å². The average Bonchev–Trinajstić information content (AvgIpc) is 4.03. The number of rotatable bonds is 25. The predicted molar refractivity (Wildman–Crippen MR) is 282 cm³/mol. The monoisotopic (exact) mass is 1200 g/mol. The van der Waals surface area contributed by atoms with Gasteiger partial charge in [-0.1, -0.05) is 46.4 Å². The Balaban J connectivity index is 0.774. The van der Waals surface area contributed by atoms with Gasteiger partial charge in [-0.2, -0.15) is 4.31 Å². The molecule has 1 saturated heterocycles. The van der Waals surface area contributed by atoms with Crippen LogP contribution in [0.4, 0.5) is 5.82 Å². The van der Waals surface area contributed by atoms with E-state index in [2.05, 4.69) is 55.2 Å². The third-order valence-corrected chi connectivity index (χ3v) is 22.0. The Labute approximate surface area is 462 Å². The topological polar surface area (TPSA) is 421 Å². The number of aliphatic hydroxyl groups excluding tert-OH is 4. The first kappa shape index (κ1) is 63.7. The van der Waals surface area contributed by atoms with Crippen LogP contribution in [0.1, 0.15) is 118 Å². The Bertz CT molecular complexity index is 2690. The summed E-state index contributed by atoms with van der Waals surface area (Å²) in [4.78, 5) is 103. The Hall–Kier alpha value is -2.85. The maximum absolute atomic E-state index is 13.3. The number of ether oxygens (including phenoxy) is 1. The lowest BCUT2D eigenvalue weighted by Crippen LogP contribution is -2.58. The van der Waals surface area contributed by atoms with E-state index in [4.69, 9.17) is 19.5 Å². The molecule has 18 atom stereocenters. The van der Waals surface area contributed by atoms with Crippen molar-refractivity contribution in [2.24, 2.45) is 57.7 Å². The maximum atomic E-state index is 13.3. The van der Waals surface area contributed by atoms with E-state index in [-0.39, 0.29) is 94.4 Å². The molecular formula is C48H78N7O20P3S. The summed E-state index contributed by atoms with van der Waals surface area (Å²) < 4.78 is 62.7. The fraction of sp³-hybridized carbons (Fsp3) is 0.812. The smallest absolute Gasteiger partial charge is 0.393 e. The number of phosphoric acid groups is 3. The van der Waals surface area contributed by atoms with Gasteiger partial charge < -0.3 is 61.1 Å². The van der Waals surface area contributed by atoms with Crippen LogP contribution in [0.15, 0.2) is 12.7 Å². The standard InChI is InChI=1S/C48H78N7O20P3S/c1-25(29-8-9-30-36-31(12-15-48(29,30)6)47(5)14-11-28(56)19-27(47)20-33(36)58)7-10-32(57)26(2)45(63)79-18-17-50-35(59)13-16-51-43(62)40(61)46(3,4)22-72-78(69,70)75-77(67,68)71-21-34-39(74-76(64,65)66)38(60)44(73-34)55-24-54-37-41(49)52-23-53-42(37)55/h23-31,33-34,36,38-40,44,56,58,60-61H,7-22H2,1-6H3,(H,50,59)(H,51,62)(H,67,68)(H,69,70)(H2,49,52,53)(H2,64,65,66). The lowest BCUT2D eigenvalue weighted by molar-refractivity contribution is -0.174. The number of phosphoric ester groups is 3. The molecule has 0 spiro atoms. The molecule has 7 rings (SSSR count). The van der Waals surface area contributed by atoms with Crippen molar-refractivity contribution in [1.29, 1.82) is 0 Å². The third kappa shape index (κ3) is 14.7. The van der Waals surface area contributed by atoms with Gasteiger partial charge in [-0.05, 0) is 111 Å². The Morgan fingerprint density at radius 2 is 1.59 bits per heavy atom. The van der Waals surface area contributed by atoms with Crippen LogP contribution in [-0.4, -0.2) is 151 Å². The minimum atomic E-state index is -5.61. The molecule has 2 amide bonds. The van der Waals surface area contributed by atoms with Gasteiger partial charge in [0.25, 0.3) is 0 Å². The van der Waals surface area contributed by atoms with Crippen LogP contribution in [0.3, 0.4) is 0 Å². The summed E-state index contributed by atoms with van der Waals surface area (Å²) in [6.45, 7) is 8.89. The molecule has 446 valence electrons. The summed E-state index contributed by atoms with van der Waals surface area (Å²) in [5.41, 5.74) is 4.45. The van der Waals surface area contributed by atoms with Gasteiger partial charge >= 0.3 is 23.5 Å². The number of hydrogen-bond donors (Lipinski definition) is 11. The summed E-state index contributed by atoms with van der Waals surface area (Å²) in [6, 6.07) is 0. The van der Waals surface area contributed by atoms with Crippen LogP contribution in [0.2, 0.25) is 0 Å². The zero-order chi connectivity index (χ0) is 58.2. The molecule has 0 aromatic carbocycles. The number of nitrogen functional groups attached to an aromatic ring is 1. The van der Waals surface area contributed by atoms with Crippen LogP contribution in [0.25, 0.3) is 11.2 Å². The first-order valence-electron chi connectivity index (χ1n) is 26.7. The number of nitrogens with one attached hydrogen (secondary N) is 2. The summed E-state index contributed by atoms with van der Waals surface area (Å²) in [6.07, 6.45) is 0.890. The number of thioether (sulfide) groups is 1. The van der Waals surface area contributed by atoms with E-state index >= 15 is 0 Å². The maximum Gasteiger partial charge on any atom is 0.481 e. The third-order valence-electron chi connectivity index (χ3n) is 17.8. The highest BCUT2D eigenvalue weighted by Crippen LogP contribution is 2.68. The van der Waals surface area contributed by atoms with Crippen molar-refractivity contribution >= 4 is 74.9 Å². The quantitative estimate of drug-likeness (QED) is 0.0386. The normalized spacial score (nSPS) is 33.6. The molecule has 5 aliphatic rings. The van der Waals surface area contributed by atoms with Gasteiger partial charge in [0.05, 0.1) is 37.7 Å². The molecular weight excluding hydrogens is 1120 g/mol. The van der Waals surface area contributed by atoms with Gasteiger partial charge in [-0.15, -0.1) is 0 Å². The van der Waals surface area contributed by atoms with Crippen molar-refractivity contribution in [1.82, 2.24) is 30.2 Å². The Morgan fingerprint density at radius 1 is 0.911 bits per heavy atom. The SMILES string of the molecule is CC(C(=O)CCC(C)C1CCC2C3C(O)CC4CC(O)CCC4(C)C3CCC12C)C(=O)SCCNC(=O)CCNC(=O)C(O)C(C)(C)COP(=O)(O)OP(=O)(O)OCC1OC(n2cnc3c(N)ncnc32)C(O)C1OP(=O)(O)O. The molecule has 4 saturated carbocycles. The number of aromatic nitrogens is 4. The van der Waals surface area contributed by atoms with E-state index < -0.39 is 90.5 Å². The van der Waals surface area contributed by atoms with Gasteiger partial charge in [-0.3, -0.25) is 37.3 Å². The summed E-state index contributed by atoms with van der Waals surface area (Å²) in [7, 11) is -16.5. The number of nitrogens with two attached hydrogens (primary N) is 1. The van der Waals surface area contributed by atoms with E-state index in [9.17, 15) is 72.9 Å². The van der Waals surface area contributed by atoms with Gasteiger partial charge in [0.15, 0.2) is 22.8 Å². The van der Waals surface area contributed by atoms with E-state index in [1.54, 1.807) is 6.92 Å². The van der Waals surface area contributed by atoms with E-state index in [0.29, 0.717) is 30.1 Å². The van der Waals surface area contributed by atoms with Crippen LogP contribution in [-0.2, 0) is 55.5 Å². The number of amides is 2. The largest absolute Gasteiger partial charge is 0.481 e. The predicted octanol–water partition coefficient (Wildman–Crippen LogP) is 3.28. The van der Waals surface area contributed by atoms with Gasteiger partial charge in [-0.25, -0.2) is 28.6 Å². The van der Waals surface area contributed by atoms with E-state index in [1.165, 1.54) is 13.8 Å². The van der Waals surface area contributed by atoms with Crippen molar-refractivity contribution in [3.8, 4) is 0 Å². The molecule has 0 radical (unpaired) electrons. The number of ketones is 1. The molecule has 31 heteroatoms. The number of fused-ring (bicyclic) bond motifs is 6. The summed E-state index contributed by atoms with van der Waals surface area (Å²) >= 11 is 0.940. The van der Waals surface area contributed by atoms with Crippen molar-refractivity contribution in [2.75, 3.05) is 37.8 Å². The number of hydrogen-bond acceptors (Lipinski definition) is 21. The van der Waals surface area contributed by atoms with Crippen molar-refractivity contribution < 1.29 is 95.5 Å². The number of Topliss-reactive ketones (excluding diaryl/α,β-unsaturated/α-hetero) is 1. The zero-order valence-electron chi connectivity index (χ0n) is 45.1. The second-order valence-electron chi connectivity index (χ2n) is 23.4. The number of carbonyl (C=O) groups is 4. The van der Waals surface area contributed by atoms with Gasteiger partial charge in [0.1, 0.15) is 42.0 Å². The molecule has 12 N–H and O–H groups in total. The van der Waals surface area contributed by atoms with Crippen molar-refractivity contribution in [2.45, 2.75) is 155 Å². The lowest BCUT2D eigenvalue weighted by atomic mass is 9.43. The fourth-order valence-corrected chi connectivity index (χ4v) is 17.1. The molecule has 5 fully saturated rings. The van der Waals surface area contributed by atoms with Crippen LogP contribution >= 0.6 is 35.2 Å². The Morgan fingerprint density at radius 3 is 2.30 bits per heavy atom. The first-order chi connectivity index (χ1) is 36.8. The van der Waals surface area contributed by atoms with Crippen LogP contribution in [0.5, 0.6) is 0 Å². The first-order valence-corrected chi connectivity index (χ1v) is 32.2. The van der Waals surface area contributed by atoms with Crippen molar-refractivity contribution in [3.63, 3.8) is 0 Å². The molecule has 18 unspecified atom stereocenters. The minimum absolute atomic E-state index is 0.0217. The second kappa shape index (κ2) is 25.2. The van der Waals surface area contributed by atoms with Gasteiger partial charge in [0, 0.05) is 37.1 Å². The molecule has 0 bridgehead atoms. The zero-order valence-corrected chi connectivity index (χ0v) is 48.6. The lowest BCUT2D eigenvalue weighted by Gasteiger charge is -2.62. The molecule has 27 nitrogen and oxygen atoms in total. The second-order valence-corrected chi connectivity index (χ2v) is 28.7. The molecule has 1 aliphatic heterocycles. The average molecular weight is 1200 g/mol. The minimum Gasteiger partial charge on any atom is -0.393 e. The summed E-state index contributed by atoms with van der Waals surface area (Å²) in [5, 5.41) is 48.4. The summed E-state index contributed by atoms with van der Waals surface area (Å²) in [5.74, 6) is -0.152. The highest BCUT2D eigenvalue weighted by molar-refractivity contribution is 8.13. The van der Waals surface area contributed by atoms with Crippen molar-refractivity contribution in [3.05, 3.63) is 12.7 Å². The molecule has 3 heterocycles. The number of aliphatic hydroxyl groups is 4. The van der Waals surface area contributed by atoms with Gasteiger partial charge in [0.2, 0.25) is 11.8 Å². The molecule has 2 aromatic rings. The molecule has 2 aromatic heterocycles. The molecule has 4 aliphatic carbocycles. The van der Waals surface area contributed by atoms with E-state index in [1.807, 2.05) is 0 Å². The van der Waals surface area contributed by atoms with E-state index in [0.717, 1.165) is 80.4 Å². The fourth-order valence-electron chi connectivity index (χ4n) is 13.5. The number of carbonyl (C=O) groups excluding carboxylic acids is 4. The number of imidazole rings is 1. The number of anilines is 1. The highest BCUT2D eigenvalue weighted by atomic mass is 32.2. The van der Waals surface area contributed by atoms with Crippen LogP contribution in [0, 0.1) is 57.7 Å². The Kier molecular flexibility index (Phi) is 20.3. The molecule has 79 heavy (non-hydrogen) atoms.